The van der Waals surface area contributed by atoms with E-state index in [1.165, 1.54) is 0 Å². The molecule has 3 atom stereocenters. The normalized spacial score (nSPS) is 41.3. The molecule has 0 radical (unpaired) electrons. The van der Waals surface area contributed by atoms with E-state index < -0.39 is 5.97 Å². The molecule has 0 spiro atoms. The van der Waals surface area contributed by atoms with Crippen molar-refractivity contribution in [2.75, 3.05) is 6.54 Å². The topological polar surface area (TPSA) is 63.3 Å². The van der Waals surface area contributed by atoms with E-state index >= 15 is 0 Å². The van der Waals surface area contributed by atoms with Crippen LogP contribution in [-0.2, 0) is 4.79 Å². The highest BCUT2D eigenvalue weighted by atomic mass is 16.4. The van der Waals surface area contributed by atoms with E-state index in [1.54, 1.807) is 0 Å². The number of nitrogens with two attached hydrogens (primary N) is 1. The molecule has 0 aromatic carbocycles. The molecule has 3 nitrogen and oxygen atoms in total. The molecule has 2 unspecified atom stereocenters. The Morgan fingerprint density at radius 1 is 1.69 bits per heavy atom. The van der Waals surface area contributed by atoms with Gasteiger partial charge in [0, 0.05) is 0 Å². The van der Waals surface area contributed by atoms with Crippen LogP contribution in [0.3, 0.4) is 0 Å². The summed E-state index contributed by atoms with van der Waals surface area (Å²) < 4.78 is 0. The summed E-state index contributed by atoms with van der Waals surface area (Å²) in [6, 6.07) is 0. The Labute approximate surface area is 77.6 Å². The molecule has 2 rings (SSSR count). The van der Waals surface area contributed by atoms with Crippen LogP contribution in [0.5, 0.6) is 0 Å². The molecule has 3 heteroatoms. The standard InChI is InChI=1S/C10H15NO2/c11-6-10(5-9(12)13)4-7-2-1-3-8(7)10/h1-2,7-8H,3-6,11H2,(H,12,13)/t7?,8?,10-/m0/s1. The predicted molar refractivity (Wildman–Crippen MR) is 49.1 cm³/mol. The van der Waals surface area contributed by atoms with Crippen LogP contribution in [0.1, 0.15) is 19.3 Å². The van der Waals surface area contributed by atoms with Crippen molar-refractivity contribution in [1.29, 1.82) is 0 Å². The average molecular weight is 181 g/mol. The van der Waals surface area contributed by atoms with Gasteiger partial charge < -0.3 is 10.8 Å². The summed E-state index contributed by atoms with van der Waals surface area (Å²) in [5.41, 5.74) is 5.58. The lowest BCUT2D eigenvalue weighted by Crippen LogP contribution is -2.51. The first kappa shape index (κ1) is 8.75. The van der Waals surface area contributed by atoms with E-state index in [0.29, 0.717) is 18.4 Å². The monoisotopic (exact) mass is 181 g/mol. The molecule has 0 heterocycles. The van der Waals surface area contributed by atoms with E-state index in [9.17, 15) is 4.79 Å². The Balaban J connectivity index is 2.07. The molecule has 72 valence electrons. The fourth-order valence-electron chi connectivity index (χ4n) is 2.89. The third-order valence-corrected chi connectivity index (χ3v) is 3.63. The van der Waals surface area contributed by atoms with Crippen molar-refractivity contribution in [2.24, 2.45) is 23.0 Å². The van der Waals surface area contributed by atoms with Gasteiger partial charge in [-0.05, 0) is 36.6 Å². The van der Waals surface area contributed by atoms with Gasteiger partial charge in [0.05, 0.1) is 6.42 Å². The molecule has 2 aliphatic rings. The fourth-order valence-corrected chi connectivity index (χ4v) is 2.89. The smallest absolute Gasteiger partial charge is 0.303 e. The van der Waals surface area contributed by atoms with Gasteiger partial charge in [-0.15, -0.1) is 0 Å². The molecule has 0 aromatic rings. The largest absolute Gasteiger partial charge is 0.481 e. The van der Waals surface area contributed by atoms with Crippen molar-refractivity contribution in [3.05, 3.63) is 12.2 Å². The number of carboxylic acid groups (broad SMARTS) is 1. The molecule has 0 amide bonds. The molecule has 2 aliphatic carbocycles. The third kappa shape index (κ3) is 1.18. The second kappa shape index (κ2) is 2.84. The predicted octanol–water partition coefficient (Wildman–Crippen LogP) is 1.00. The zero-order valence-electron chi connectivity index (χ0n) is 7.57. The Morgan fingerprint density at radius 3 is 3.00 bits per heavy atom. The number of allylic oxidation sites excluding steroid dienone is 2. The molecular weight excluding hydrogens is 166 g/mol. The highest BCUT2D eigenvalue weighted by Gasteiger charge is 2.53. The Morgan fingerprint density at radius 2 is 2.46 bits per heavy atom. The van der Waals surface area contributed by atoms with Crippen LogP contribution in [-0.4, -0.2) is 17.6 Å². The van der Waals surface area contributed by atoms with Gasteiger partial charge in [-0.2, -0.15) is 0 Å². The summed E-state index contributed by atoms with van der Waals surface area (Å²) in [7, 11) is 0. The Kier molecular flexibility index (Phi) is 1.91. The van der Waals surface area contributed by atoms with Crippen LogP contribution >= 0.6 is 0 Å². The molecule has 3 N–H and O–H groups in total. The highest BCUT2D eigenvalue weighted by molar-refractivity contribution is 5.68. The molecule has 0 aliphatic heterocycles. The molecular formula is C10H15NO2. The number of aliphatic carboxylic acids is 1. The maximum absolute atomic E-state index is 10.7. The lowest BCUT2D eigenvalue weighted by Gasteiger charge is -2.51. The zero-order valence-corrected chi connectivity index (χ0v) is 7.57. The van der Waals surface area contributed by atoms with Crippen molar-refractivity contribution in [2.45, 2.75) is 19.3 Å². The lowest BCUT2D eigenvalue weighted by molar-refractivity contribution is -0.144. The number of hydrogen-bond donors (Lipinski definition) is 2. The molecule has 1 saturated carbocycles. The summed E-state index contributed by atoms with van der Waals surface area (Å²) in [4.78, 5) is 10.7. The molecule has 0 aromatic heterocycles. The summed E-state index contributed by atoms with van der Waals surface area (Å²) in [5, 5.41) is 8.79. The second-order valence-electron chi connectivity index (χ2n) is 4.28. The number of hydrogen-bond acceptors (Lipinski definition) is 2. The molecule has 13 heavy (non-hydrogen) atoms. The van der Waals surface area contributed by atoms with E-state index in [0.717, 1.165) is 12.8 Å². The minimum absolute atomic E-state index is 0.0972. The molecule has 0 bridgehead atoms. The van der Waals surface area contributed by atoms with Gasteiger partial charge in [0.25, 0.3) is 0 Å². The van der Waals surface area contributed by atoms with Crippen molar-refractivity contribution >= 4 is 5.97 Å². The summed E-state index contributed by atoms with van der Waals surface area (Å²) in [6.45, 7) is 0.516. The first-order valence-corrected chi connectivity index (χ1v) is 4.76. The van der Waals surface area contributed by atoms with E-state index in [2.05, 4.69) is 12.2 Å². The molecule has 0 saturated heterocycles. The fraction of sp³-hybridized carbons (Fsp3) is 0.700. The lowest BCUT2D eigenvalue weighted by atomic mass is 9.53. The van der Waals surface area contributed by atoms with Gasteiger partial charge in [-0.25, -0.2) is 0 Å². The van der Waals surface area contributed by atoms with Gasteiger partial charge in [0.2, 0.25) is 0 Å². The van der Waals surface area contributed by atoms with Gasteiger partial charge >= 0.3 is 5.97 Å². The molecule has 1 fully saturated rings. The van der Waals surface area contributed by atoms with Crippen LogP contribution in [0.25, 0.3) is 0 Å². The van der Waals surface area contributed by atoms with Gasteiger partial charge in [0.15, 0.2) is 0 Å². The van der Waals surface area contributed by atoms with Crippen LogP contribution in [0.4, 0.5) is 0 Å². The van der Waals surface area contributed by atoms with E-state index in [-0.39, 0.29) is 11.8 Å². The highest BCUT2D eigenvalue weighted by Crippen LogP contribution is 2.57. The van der Waals surface area contributed by atoms with Crippen molar-refractivity contribution in [1.82, 2.24) is 0 Å². The van der Waals surface area contributed by atoms with Gasteiger partial charge in [-0.1, -0.05) is 12.2 Å². The Hall–Kier alpha value is -0.830. The van der Waals surface area contributed by atoms with Crippen LogP contribution in [0, 0.1) is 17.3 Å². The minimum Gasteiger partial charge on any atom is -0.481 e. The van der Waals surface area contributed by atoms with Crippen molar-refractivity contribution < 1.29 is 9.90 Å². The van der Waals surface area contributed by atoms with Crippen molar-refractivity contribution in [3.8, 4) is 0 Å². The quantitative estimate of drug-likeness (QED) is 0.638. The van der Waals surface area contributed by atoms with E-state index in [4.69, 9.17) is 10.8 Å². The number of rotatable bonds is 3. The summed E-state index contributed by atoms with van der Waals surface area (Å²) in [6.07, 6.45) is 6.60. The van der Waals surface area contributed by atoms with Crippen LogP contribution in [0.15, 0.2) is 12.2 Å². The zero-order chi connectivity index (χ0) is 9.47. The van der Waals surface area contributed by atoms with E-state index in [1.807, 2.05) is 0 Å². The maximum atomic E-state index is 10.7. The average Bonchev–Trinajstić information content (AvgIpc) is 2.43. The van der Waals surface area contributed by atoms with Crippen LogP contribution in [0.2, 0.25) is 0 Å². The number of carbonyl (C=O) groups is 1. The van der Waals surface area contributed by atoms with Crippen molar-refractivity contribution in [3.63, 3.8) is 0 Å². The second-order valence-corrected chi connectivity index (χ2v) is 4.28. The third-order valence-electron chi connectivity index (χ3n) is 3.63. The number of carboxylic acids is 1. The van der Waals surface area contributed by atoms with Crippen LogP contribution < -0.4 is 5.73 Å². The summed E-state index contributed by atoms with van der Waals surface area (Å²) in [5.74, 6) is 0.410. The SMILES string of the molecule is NC[C@@]1(CC(=O)O)CC2C=CCC21. The van der Waals surface area contributed by atoms with Gasteiger partial charge in [-0.3, -0.25) is 4.79 Å². The first-order valence-electron chi connectivity index (χ1n) is 4.76. The number of fused-ring (bicyclic) bond motifs is 1. The minimum atomic E-state index is -0.712. The Bertz CT molecular complexity index is 262. The maximum Gasteiger partial charge on any atom is 0.303 e. The van der Waals surface area contributed by atoms with Gasteiger partial charge in [0.1, 0.15) is 0 Å². The summed E-state index contributed by atoms with van der Waals surface area (Å²) >= 11 is 0. The first-order chi connectivity index (χ1) is 6.18.